The first-order valence-electron chi connectivity index (χ1n) is 20.7. The average molecular weight is 753 g/mol. The molecule has 0 spiro atoms. The summed E-state index contributed by atoms with van der Waals surface area (Å²) in [5.41, 5.74) is 3.72. The van der Waals surface area contributed by atoms with Gasteiger partial charge in [0.05, 0.1) is 12.2 Å². The number of carbonyl (C=O) groups is 2. The summed E-state index contributed by atoms with van der Waals surface area (Å²) in [6.45, 7) is 36.3. The van der Waals surface area contributed by atoms with Gasteiger partial charge in [-0.1, -0.05) is 98.8 Å². The van der Waals surface area contributed by atoms with Crippen molar-refractivity contribution in [2.24, 2.45) is 28.6 Å². The van der Waals surface area contributed by atoms with Crippen LogP contribution in [-0.2, 0) is 23.2 Å². The van der Waals surface area contributed by atoms with E-state index in [4.69, 9.17) is 13.6 Å². The molecule has 0 heterocycles. The Morgan fingerprint density at radius 3 is 2.13 bits per heavy atom. The molecule has 7 atom stereocenters. The molecule has 4 rings (SSSR count). The molecule has 52 heavy (non-hydrogen) atoms. The third-order valence-corrected chi connectivity index (χ3v) is 23.7. The fourth-order valence-electron chi connectivity index (χ4n) is 9.12. The van der Waals surface area contributed by atoms with Crippen LogP contribution in [0, 0.1) is 28.6 Å². The van der Waals surface area contributed by atoms with Crippen molar-refractivity contribution >= 4 is 28.4 Å². The molecule has 0 aliphatic heterocycles. The Morgan fingerprint density at radius 1 is 0.962 bits per heavy atom. The zero-order valence-corrected chi connectivity index (χ0v) is 37.8. The van der Waals surface area contributed by atoms with Gasteiger partial charge in [-0.05, 0) is 128 Å². The second kappa shape index (κ2) is 15.9. The van der Waals surface area contributed by atoms with Gasteiger partial charge in [0.2, 0.25) is 0 Å². The van der Waals surface area contributed by atoms with Crippen molar-refractivity contribution in [2.75, 3.05) is 0 Å². The second-order valence-electron chi connectivity index (χ2n) is 20.5. The number of hydrogen-bond donors (Lipinski definition) is 0. The van der Waals surface area contributed by atoms with Crippen molar-refractivity contribution in [1.82, 2.24) is 0 Å². The van der Waals surface area contributed by atoms with Crippen molar-refractivity contribution in [2.45, 2.75) is 194 Å². The minimum absolute atomic E-state index is 0.0319. The molecule has 0 amide bonds. The van der Waals surface area contributed by atoms with Gasteiger partial charge in [0.1, 0.15) is 11.9 Å². The Bertz CT molecular complexity index is 1420. The molecule has 4 aliphatic carbocycles. The van der Waals surface area contributed by atoms with Crippen molar-refractivity contribution in [3.8, 4) is 0 Å². The summed E-state index contributed by atoms with van der Waals surface area (Å²) in [6.07, 6.45) is 19.3. The van der Waals surface area contributed by atoms with Gasteiger partial charge in [-0.2, -0.15) is 0 Å². The van der Waals surface area contributed by atoms with E-state index in [0.29, 0.717) is 18.3 Å². The van der Waals surface area contributed by atoms with Gasteiger partial charge < -0.3 is 13.6 Å². The van der Waals surface area contributed by atoms with E-state index in [1.807, 2.05) is 0 Å². The predicted octanol–water partition coefficient (Wildman–Crippen LogP) is 12.5. The van der Waals surface area contributed by atoms with Crippen LogP contribution in [0.5, 0.6) is 0 Å². The Morgan fingerprint density at radius 2 is 1.58 bits per heavy atom. The summed E-state index contributed by atoms with van der Waals surface area (Å²) in [4.78, 5) is 26.0. The van der Waals surface area contributed by atoms with Gasteiger partial charge in [-0.15, -0.1) is 0 Å². The van der Waals surface area contributed by atoms with Crippen LogP contribution in [0.4, 0.5) is 0 Å². The highest BCUT2D eigenvalue weighted by atomic mass is 28.4. The van der Waals surface area contributed by atoms with Crippen LogP contribution in [0.1, 0.15) is 140 Å². The molecule has 0 aromatic heterocycles. The second-order valence-corrected chi connectivity index (χ2v) is 30.0. The molecular weight excluding hydrogens is 677 g/mol. The van der Waals surface area contributed by atoms with Gasteiger partial charge in [0.15, 0.2) is 16.6 Å². The van der Waals surface area contributed by atoms with Crippen LogP contribution in [0.25, 0.3) is 0 Å². The van der Waals surface area contributed by atoms with Gasteiger partial charge in [-0.25, -0.2) is 0 Å². The monoisotopic (exact) mass is 753 g/mol. The summed E-state index contributed by atoms with van der Waals surface area (Å²) in [5.74, 6) is 0.948. The maximum Gasteiger partial charge on any atom is 0.302 e. The lowest BCUT2D eigenvalue weighted by molar-refractivity contribution is -0.153. The smallest absolute Gasteiger partial charge is 0.302 e. The third kappa shape index (κ3) is 9.45. The first-order valence-corrected chi connectivity index (χ1v) is 26.5. The van der Waals surface area contributed by atoms with Crippen molar-refractivity contribution in [1.29, 1.82) is 0 Å². The van der Waals surface area contributed by atoms with Gasteiger partial charge in [-0.3, -0.25) is 9.59 Å². The molecule has 0 aromatic rings. The van der Waals surface area contributed by atoms with Crippen LogP contribution in [0.3, 0.4) is 0 Å². The highest BCUT2D eigenvalue weighted by Crippen LogP contribution is 2.60. The Kier molecular flexibility index (Phi) is 13.2. The molecule has 4 saturated carbocycles. The van der Waals surface area contributed by atoms with E-state index in [9.17, 15) is 9.59 Å². The molecule has 1 unspecified atom stereocenters. The molecular formula is C45H76O5Si2. The van der Waals surface area contributed by atoms with Crippen LogP contribution in [0.15, 0.2) is 47.6 Å². The molecule has 0 bridgehead atoms. The highest BCUT2D eigenvalue weighted by molar-refractivity contribution is 6.74. The Labute approximate surface area is 321 Å². The number of carbonyl (C=O) groups excluding carboxylic acids is 2. The summed E-state index contributed by atoms with van der Waals surface area (Å²) in [7, 11) is -4.02. The van der Waals surface area contributed by atoms with Crippen LogP contribution >= 0.6 is 0 Å². The van der Waals surface area contributed by atoms with E-state index in [0.717, 1.165) is 63.4 Å². The highest BCUT2D eigenvalue weighted by Gasteiger charge is 2.54. The minimum atomic E-state index is -2.04. The molecule has 294 valence electrons. The predicted molar refractivity (Wildman–Crippen MR) is 222 cm³/mol. The number of ether oxygens (including phenoxy) is 1. The quantitative estimate of drug-likeness (QED) is 0.106. The van der Waals surface area contributed by atoms with E-state index in [2.05, 4.69) is 119 Å². The topological polar surface area (TPSA) is 61.8 Å². The first-order chi connectivity index (χ1) is 23.9. The van der Waals surface area contributed by atoms with Crippen molar-refractivity contribution in [3.63, 3.8) is 0 Å². The first kappa shape index (κ1) is 43.2. The molecule has 0 radical (unpaired) electrons. The van der Waals surface area contributed by atoms with Gasteiger partial charge in [0, 0.05) is 25.2 Å². The van der Waals surface area contributed by atoms with E-state index in [1.54, 1.807) is 5.57 Å². The fraction of sp³-hybridized carbons (Fsp3) is 0.778. The van der Waals surface area contributed by atoms with E-state index in [-0.39, 0.29) is 56.9 Å². The number of Topliss-reactive ketones (excluding diaryl/α,β-unsaturated/α-hetero) is 1. The number of hydrogen-bond acceptors (Lipinski definition) is 5. The Hall–Kier alpha value is -1.55. The maximum atomic E-state index is 13.6. The molecule has 4 fully saturated rings. The van der Waals surface area contributed by atoms with Crippen LogP contribution in [0.2, 0.25) is 36.3 Å². The fourth-order valence-corrected chi connectivity index (χ4v) is 11.8. The van der Waals surface area contributed by atoms with E-state index < -0.39 is 16.6 Å². The number of rotatable bonds is 13. The largest absolute Gasteiger partial charge is 0.462 e. The third-order valence-electron chi connectivity index (χ3n) is 14.7. The number of fused-ring (bicyclic) bond motifs is 1. The summed E-state index contributed by atoms with van der Waals surface area (Å²) < 4.78 is 20.2. The zero-order valence-electron chi connectivity index (χ0n) is 35.8. The standard InChI is InChI=1S/C45H76O5Si2/c1-16-17-25-45(26-27-45)41(47)30-39(48-33(4)46)32(3)37-22-23-38-34(19-18-24-44(37,38)11)20-21-35-28-36(49-51(12,13)42(5,6)7)29-40(31(35)2)50-52(14,15)43(8,9)10/h17,20-21,25,32,36-40H,2,16,18-19,22-24,26-30H2,1,3-15H3/t32-,36+,37+,38-,39?,40-,44+/m0/s1. The summed E-state index contributed by atoms with van der Waals surface area (Å²) in [6, 6.07) is 0. The molecule has 0 aromatic carbocycles. The minimum Gasteiger partial charge on any atom is -0.462 e. The molecule has 4 aliphatic rings. The van der Waals surface area contributed by atoms with Crippen molar-refractivity contribution < 1.29 is 23.2 Å². The normalized spacial score (nSPS) is 31.2. The van der Waals surface area contributed by atoms with E-state index >= 15 is 0 Å². The summed E-state index contributed by atoms with van der Waals surface area (Å²) >= 11 is 0. The molecule has 0 saturated heterocycles. The lowest BCUT2D eigenvalue weighted by Gasteiger charge is -2.46. The number of esters is 1. The van der Waals surface area contributed by atoms with Crippen LogP contribution < -0.4 is 0 Å². The zero-order chi connectivity index (χ0) is 39.1. The molecule has 0 N–H and O–H groups in total. The lowest BCUT2D eigenvalue weighted by atomic mass is 9.60. The lowest BCUT2D eigenvalue weighted by Crippen LogP contribution is -2.49. The number of allylic oxidation sites excluding steroid dienone is 5. The number of ketones is 1. The van der Waals surface area contributed by atoms with Crippen molar-refractivity contribution in [3.05, 3.63) is 47.6 Å². The molecule has 5 nitrogen and oxygen atoms in total. The summed E-state index contributed by atoms with van der Waals surface area (Å²) in [5, 5.41) is 0.251. The SMILES string of the molecule is C=C1C(=CC=C2CCC[C@]3(C)[C@@H]([C@H](C)C(CC(=O)C4(C=CCC)CC4)OC(C)=O)CC[C@@H]23)C[C@@H](O[Si](C)(C)C(C)(C)C)C[C@@H]1O[Si](C)(C)C(C)(C)C. The average Bonchev–Trinajstić information content (AvgIpc) is 3.72. The Balaban J connectivity index is 1.59. The van der Waals surface area contributed by atoms with E-state index in [1.165, 1.54) is 18.9 Å². The van der Waals surface area contributed by atoms with Crippen LogP contribution in [-0.4, -0.2) is 46.7 Å². The molecule has 7 heteroatoms. The van der Waals surface area contributed by atoms with Gasteiger partial charge in [0.25, 0.3) is 0 Å². The van der Waals surface area contributed by atoms with Gasteiger partial charge >= 0.3 is 5.97 Å². The maximum absolute atomic E-state index is 13.6.